The molecule has 2 amide bonds. The Bertz CT molecular complexity index is 1190. The Morgan fingerprint density at radius 2 is 1.95 bits per heavy atom. The van der Waals surface area contributed by atoms with E-state index in [0.29, 0.717) is 19.4 Å². The zero-order chi connectivity index (χ0) is 29.3. The molecule has 2 bridgehead atoms. The molecule has 1 aromatic carbocycles. The van der Waals surface area contributed by atoms with E-state index in [4.69, 9.17) is 14.1 Å². The van der Waals surface area contributed by atoms with Gasteiger partial charge in [0, 0.05) is 31.1 Å². The van der Waals surface area contributed by atoms with Crippen molar-refractivity contribution >= 4 is 19.3 Å². The van der Waals surface area contributed by atoms with Gasteiger partial charge in [0.2, 0.25) is 0 Å². The number of alkyl carbamates (subject to hydrolysis) is 1. The Morgan fingerprint density at radius 3 is 2.59 bits per heavy atom. The molecule has 0 unspecified atom stereocenters. The number of rotatable bonds is 10. The Hall–Kier alpha value is -2.95. The lowest BCUT2D eigenvalue weighted by Gasteiger charge is -2.42. The van der Waals surface area contributed by atoms with Crippen molar-refractivity contribution in [2.24, 2.45) is 0 Å². The van der Waals surface area contributed by atoms with Crippen LogP contribution >= 0.6 is 0 Å². The van der Waals surface area contributed by atoms with E-state index in [9.17, 15) is 24.9 Å². The van der Waals surface area contributed by atoms with Gasteiger partial charge in [-0.05, 0) is 64.0 Å². The number of hydrogen-bond donors (Lipinski definition) is 3. The van der Waals surface area contributed by atoms with E-state index >= 15 is 0 Å². The van der Waals surface area contributed by atoms with Crippen molar-refractivity contribution in [3.05, 3.63) is 47.5 Å². The summed E-state index contributed by atoms with van der Waals surface area (Å²) < 4.78 is 16.6. The SMILES string of the molecule is CC(C)(C=C(C#N)C(=O)N1C2CCC1(COC(=O)N[C@@H](Cc1ccccc1)OB(O)O)CC2)N1CCOC2(CC2)C1. The van der Waals surface area contributed by atoms with E-state index in [1.54, 1.807) is 11.0 Å². The number of amides is 2. The van der Waals surface area contributed by atoms with Crippen molar-refractivity contribution in [2.75, 3.05) is 26.3 Å². The van der Waals surface area contributed by atoms with E-state index in [-0.39, 0.29) is 36.2 Å². The summed E-state index contributed by atoms with van der Waals surface area (Å²) in [6, 6.07) is 11.3. The van der Waals surface area contributed by atoms with Crippen LogP contribution in [0.3, 0.4) is 0 Å². The molecule has 3 aliphatic heterocycles. The molecule has 1 atom stereocenters. The summed E-state index contributed by atoms with van der Waals surface area (Å²) in [6.07, 6.45) is 5.13. The molecule has 41 heavy (non-hydrogen) atoms. The first-order valence-corrected chi connectivity index (χ1v) is 14.4. The fraction of sp³-hybridized carbons (Fsp3) is 0.621. The van der Waals surface area contributed by atoms with Crippen LogP contribution in [-0.2, 0) is 25.3 Å². The minimum Gasteiger partial charge on any atom is -0.447 e. The van der Waals surface area contributed by atoms with Gasteiger partial charge in [0.1, 0.15) is 24.5 Å². The van der Waals surface area contributed by atoms with Crippen LogP contribution in [-0.4, -0.2) is 94.4 Å². The Balaban J connectivity index is 1.24. The molecular weight excluding hydrogens is 527 g/mol. The first-order valence-electron chi connectivity index (χ1n) is 14.4. The van der Waals surface area contributed by atoms with Crippen LogP contribution in [0.5, 0.6) is 0 Å². The van der Waals surface area contributed by atoms with Gasteiger partial charge in [0.25, 0.3) is 5.91 Å². The normalized spacial score (nSPS) is 26.0. The number of nitriles is 1. The molecule has 0 aromatic heterocycles. The highest BCUT2D eigenvalue weighted by atomic mass is 16.6. The third kappa shape index (κ3) is 6.60. The third-order valence-electron chi connectivity index (χ3n) is 9.00. The molecule has 220 valence electrons. The lowest BCUT2D eigenvalue weighted by molar-refractivity contribution is -0.132. The topological polar surface area (TPSA) is 145 Å². The molecule has 1 spiro atoms. The highest BCUT2D eigenvalue weighted by Gasteiger charge is 2.55. The first-order chi connectivity index (χ1) is 19.5. The molecule has 1 aliphatic carbocycles. The van der Waals surface area contributed by atoms with Gasteiger partial charge < -0.3 is 29.1 Å². The molecular formula is C29H39BN4O7. The standard InChI is InChI=1S/C29H39BN4O7/c1-27(2,33-14-15-40-29(19-33)12-13-29)17-22(18-31)25(35)34-23-8-10-28(34,11-9-23)20-39-26(36)32-24(41-30(37)38)16-21-6-4-3-5-7-21/h3-7,17,23-24,37-38H,8-16,19-20H2,1-2H3,(H,32,36)/t23?,24-,28?/m1/s1. The van der Waals surface area contributed by atoms with E-state index < -0.39 is 30.7 Å². The number of ether oxygens (including phenoxy) is 2. The molecule has 3 saturated heterocycles. The molecule has 3 N–H and O–H groups in total. The van der Waals surface area contributed by atoms with Crippen molar-refractivity contribution in [1.29, 1.82) is 5.26 Å². The highest BCUT2D eigenvalue weighted by Crippen LogP contribution is 2.48. The van der Waals surface area contributed by atoms with Gasteiger partial charge in [-0.15, -0.1) is 0 Å². The molecule has 4 fully saturated rings. The lowest BCUT2D eigenvalue weighted by Crippen LogP contribution is -2.54. The maximum Gasteiger partial charge on any atom is 0.635 e. The van der Waals surface area contributed by atoms with Gasteiger partial charge in [-0.25, -0.2) is 4.79 Å². The second-order valence-corrected chi connectivity index (χ2v) is 12.3. The molecule has 12 heteroatoms. The Kier molecular flexibility index (Phi) is 8.46. The van der Waals surface area contributed by atoms with Crippen molar-refractivity contribution in [2.45, 2.75) is 87.7 Å². The fourth-order valence-corrected chi connectivity index (χ4v) is 6.60. The predicted octanol–water partition coefficient (Wildman–Crippen LogP) is 1.88. The minimum atomic E-state index is -2.08. The molecule has 0 radical (unpaired) electrons. The van der Waals surface area contributed by atoms with E-state index in [2.05, 4.69) is 16.3 Å². The first kappa shape index (κ1) is 29.5. The number of carbonyl (C=O) groups excluding carboxylic acids is 2. The largest absolute Gasteiger partial charge is 0.635 e. The van der Waals surface area contributed by atoms with Gasteiger partial charge in [-0.1, -0.05) is 30.3 Å². The van der Waals surface area contributed by atoms with Gasteiger partial charge >= 0.3 is 13.4 Å². The maximum atomic E-state index is 13.8. The average Bonchev–Trinajstić information content (AvgIpc) is 3.44. The summed E-state index contributed by atoms with van der Waals surface area (Å²) >= 11 is 0. The summed E-state index contributed by atoms with van der Waals surface area (Å²) in [5.41, 5.74) is -0.347. The van der Waals surface area contributed by atoms with E-state index in [1.165, 1.54) is 0 Å². The quantitative estimate of drug-likeness (QED) is 0.167. The number of nitrogens with one attached hydrogen (secondary N) is 1. The van der Waals surface area contributed by atoms with Crippen molar-refractivity contribution < 1.29 is 33.8 Å². The highest BCUT2D eigenvalue weighted by molar-refractivity contribution is 6.32. The molecule has 11 nitrogen and oxygen atoms in total. The smallest absolute Gasteiger partial charge is 0.447 e. The minimum absolute atomic E-state index is 0.00848. The molecule has 1 aromatic rings. The number of morpholine rings is 1. The van der Waals surface area contributed by atoms with Crippen molar-refractivity contribution in [3.8, 4) is 6.07 Å². The lowest BCUT2D eigenvalue weighted by atomic mass is 9.88. The van der Waals surface area contributed by atoms with Crippen LogP contribution in [0.15, 0.2) is 42.0 Å². The Morgan fingerprint density at radius 1 is 1.24 bits per heavy atom. The summed E-state index contributed by atoms with van der Waals surface area (Å²) in [4.78, 5) is 30.7. The average molecular weight is 566 g/mol. The van der Waals surface area contributed by atoms with Gasteiger partial charge in [0.05, 0.1) is 17.7 Å². The van der Waals surface area contributed by atoms with Crippen LogP contribution in [0, 0.1) is 11.3 Å². The molecule has 3 heterocycles. The summed E-state index contributed by atoms with van der Waals surface area (Å²) in [5.74, 6) is -0.326. The predicted molar refractivity (Wildman–Crippen MR) is 149 cm³/mol. The van der Waals surface area contributed by atoms with Gasteiger partial charge in [0.15, 0.2) is 0 Å². The number of hydrogen-bond acceptors (Lipinski definition) is 9. The van der Waals surface area contributed by atoms with Crippen LogP contribution < -0.4 is 5.32 Å². The zero-order valence-electron chi connectivity index (χ0n) is 23.8. The number of nitrogens with zero attached hydrogens (tertiary/aromatic N) is 3. The second kappa shape index (κ2) is 11.7. The van der Waals surface area contributed by atoms with Gasteiger partial charge in [-0.2, -0.15) is 5.26 Å². The molecule has 1 saturated carbocycles. The van der Waals surface area contributed by atoms with Crippen LogP contribution in [0.2, 0.25) is 0 Å². The van der Waals surface area contributed by atoms with Crippen LogP contribution in [0.1, 0.15) is 57.9 Å². The summed E-state index contributed by atoms with van der Waals surface area (Å²) in [7, 11) is -2.08. The molecule has 4 aliphatic rings. The summed E-state index contributed by atoms with van der Waals surface area (Å²) in [6.45, 7) is 6.17. The van der Waals surface area contributed by atoms with E-state index in [1.807, 2.05) is 44.2 Å². The second-order valence-electron chi connectivity index (χ2n) is 12.3. The third-order valence-corrected chi connectivity index (χ3v) is 9.00. The monoisotopic (exact) mass is 566 g/mol. The molecule has 5 rings (SSSR count). The number of carbonyl (C=O) groups is 2. The van der Waals surface area contributed by atoms with E-state index in [0.717, 1.165) is 44.3 Å². The fourth-order valence-electron chi connectivity index (χ4n) is 6.60. The maximum absolute atomic E-state index is 13.8. The zero-order valence-corrected chi connectivity index (χ0v) is 23.8. The van der Waals surface area contributed by atoms with Crippen LogP contribution in [0.25, 0.3) is 0 Å². The van der Waals surface area contributed by atoms with Crippen LogP contribution in [0.4, 0.5) is 4.79 Å². The Labute approximate surface area is 241 Å². The van der Waals surface area contributed by atoms with Gasteiger partial charge in [-0.3, -0.25) is 15.0 Å². The summed E-state index contributed by atoms with van der Waals surface area (Å²) in [5, 5.41) is 31.2. The van der Waals surface area contributed by atoms with Crippen molar-refractivity contribution in [3.63, 3.8) is 0 Å². The number of fused-ring (bicyclic) bond motifs is 2. The van der Waals surface area contributed by atoms with Crippen molar-refractivity contribution in [1.82, 2.24) is 15.1 Å². The number of benzene rings is 1.